The molecule has 0 spiro atoms. The number of sulfonamides is 1. The third-order valence-corrected chi connectivity index (χ3v) is 6.47. The van der Waals surface area contributed by atoms with Gasteiger partial charge >= 0.3 is 5.97 Å². The van der Waals surface area contributed by atoms with Crippen molar-refractivity contribution in [2.45, 2.75) is 11.4 Å². The molecule has 0 aromatic heterocycles. The summed E-state index contributed by atoms with van der Waals surface area (Å²) in [5, 5.41) is 9.20. The molecule has 1 aliphatic heterocycles. The van der Waals surface area contributed by atoms with E-state index >= 15 is 0 Å². The highest BCUT2D eigenvalue weighted by atomic mass is 32.2. The average molecular weight is 457 g/mol. The van der Waals surface area contributed by atoms with E-state index in [1.165, 1.54) is 36.0 Å². The standard InChI is InChI=1S/C19H18F3N3O5S/c1-23(2)19(28)11-3-4-16-17(6-11)31(29,30)25(10-24(16)9-18(26)27)8-12-5-14(21)15(22)7-13(12)20/h3-7H,8-10H2,1-2H3,(H,26,27). The molecule has 166 valence electrons. The molecule has 0 saturated heterocycles. The summed E-state index contributed by atoms with van der Waals surface area (Å²) in [7, 11) is -1.37. The Bertz CT molecular complexity index is 1170. The first kappa shape index (κ1) is 22.6. The molecule has 0 aliphatic carbocycles. The summed E-state index contributed by atoms with van der Waals surface area (Å²) >= 11 is 0. The number of carboxylic acid groups (broad SMARTS) is 1. The van der Waals surface area contributed by atoms with Crippen LogP contribution in [0.1, 0.15) is 15.9 Å². The number of carboxylic acids is 1. The van der Waals surface area contributed by atoms with Gasteiger partial charge in [0.25, 0.3) is 5.91 Å². The molecule has 2 aromatic rings. The molecular formula is C19H18F3N3O5S. The molecule has 1 amide bonds. The van der Waals surface area contributed by atoms with Crippen molar-refractivity contribution in [2.75, 3.05) is 32.2 Å². The molecule has 0 bridgehead atoms. The summed E-state index contributed by atoms with van der Waals surface area (Å²) in [6, 6.07) is 4.65. The van der Waals surface area contributed by atoms with E-state index in [-0.39, 0.29) is 16.1 Å². The van der Waals surface area contributed by atoms with Crippen LogP contribution in [-0.4, -0.2) is 61.9 Å². The van der Waals surface area contributed by atoms with Gasteiger partial charge in [-0.1, -0.05) is 0 Å². The zero-order valence-corrected chi connectivity index (χ0v) is 17.3. The van der Waals surface area contributed by atoms with Crippen molar-refractivity contribution in [1.29, 1.82) is 0 Å². The van der Waals surface area contributed by atoms with Gasteiger partial charge in [-0.25, -0.2) is 21.6 Å². The molecule has 8 nitrogen and oxygen atoms in total. The van der Waals surface area contributed by atoms with Gasteiger partial charge in [-0.15, -0.1) is 0 Å². The zero-order chi connectivity index (χ0) is 23.1. The highest BCUT2D eigenvalue weighted by molar-refractivity contribution is 7.89. The average Bonchev–Trinajstić information content (AvgIpc) is 2.68. The van der Waals surface area contributed by atoms with Gasteiger partial charge in [0, 0.05) is 37.8 Å². The SMILES string of the molecule is CN(C)C(=O)c1ccc2c(c1)S(=O)(=O)N(Cc1cc(F)c(F)cc1F)CN2CC(=O)O. The summed E-state index contributed by atoms with van der Waals surface area (Å²) in [6.45, 7) is -1.73. The van der Waals surface area contributed by atoms with Crippen molar-refractivity contribution in [1.82, 2.24) is 9.21 Å². The number of carbonyl (C=O) groups is 2. The zero-order valence-electron chi connectivity index (χ0n) is 16.5. The maximum absolute atomic E-state index is 14.1. The van der Waals surface area contributed by atoms with Gasteiger partial charge in [0.1, 0.15) is 17.3 Å². The second-order valence-corrected chi connectivity index (χ2v) is 8.99. The van der Waals surface area contributed by atoms with E-state index in [9.17, 15) is 36.3 Å². The number of aliphatic carboxylic acids is 1. The minimum Gasteiger partial charge on any atom is -0.480 e. The smallest absolute Gasteiger partial charge is 0.323 e. The molecule has 0 radical (unpaired) electrons. The van der Waals surface area contributed by atoms with Crippen LogP contribution in [0.2, 0.25) is 0 Å². The summed E-state index contributed by atoms with van der Waals surface area (Å²) in [4.78, 5) is 25.6. The number of hydrogen-bond donors (Lipinski definition) is 1. The molecule has 31 heavy (non-hydrogen) atoms. The van der Waals surface area contributed by atoms with E-state index in [2.05, 4.69) is 0 Å². The highest BCUT2D eigenvalue weighted by Crippen LogP contribution is 2.35. The highest BCUT2D eigenvalue weighted by Gasteiger charge is 2.37. The fraction of sp³-hybridized carbons (Fsp3) is 0.263. The molecule has 1 N–H and O–H groups in total. The quantitative estimate of drug-likeness (QED) is 0.689. The molecule has 1 aliphatic rings. The number of rotatable bonds is 5. The van der Waals surface area contributed by atoms with Crippen molar-refractivity contribution >= 4 is 27.6 Å². The van der Waals surface area contributed by atoms with Gasteiger partial charge < -0.3 is 14.9 Å². The Kier molecular flexibility index (Phi) is 5.96. The number of carbonyl (C=O) groups excluding carboxylic acids is 1. The van der Waals surface area contributed by atoms with Gasteiger partial charge in [0.05, 0.1) is 12.4 Å². The predicted octanol–water partition coefficient (Wildman–Crippen LogP) is 1.86. The lowest BCUT2D eigenvalue weighted by Crippen LogP contribution is -2.48. The van der Waals surface area contributed by atoms with Crippen LogP contribution in [0.15, 0.2) is 35.2 Å². The molecule has 0 fully saturated rings. The summed E-state index contributed by atoms with van der Waals surface area (Å²) < 4.78 is 68.0. The van der Waals surface area contributed by atoms with E-state index in [4.69, 9.17) is 0 Å². The second-order valence-electron chi connectivity index (χ2n) is 7.09. The fourth-order valence-electron chi connectivity index (χ4n) is 3.16. The van der Waals surface area contributed by atoms with Crippen LogP contribution < -0.4 is 4.90 Å². The van der Waals surface area contributed by atoms with Crippen LogP contribution in [0.3, 0.4) is 0 Å². The van der Waals surface area contributed by atoms with Crippen LogP contribution in [0.5, 0.6) is 0 Å². The maximum atomic E-state index is 14.1. The Labute approximate surface area is 176 Å². The molecule has 3 rings (SSSR count). The number of nitrogens with zero attached hydrogens (tertiary/aromatic N) is 3. The van der Waals surface area contributed by atoms with Gasteiger partial charge in [0.15, 0.2) is 11.6 Å². The second kappa shape index (κ2) is 8.19. The lowest BCUT2D eigenvalue weighted by Gasteiger charge is -2.37. The van der Waals surface area contributed by atoms with Gasteiger partial charge in [-0.05, 0) is 24.3 Å². The summed E-state index contributed by atoms with van der Waals surface area (Å²) in [6.07, 6.45) is 0. The van der Waals surface area contributed by atoms with Crippen molar-refractivity contribution < 1.29 is 36.3 Å². The van der Waals surface area contributed by atoms with Crippen molar-refractivity contribution in [3.63, 3.8) is 0 Å². The molecule has 12 heteroatoms. The Hall–Kier alpha value is -3.12. The van der Waals surface area contributed by atoms with Gasteiger partial charge in [-0.2, -0.15) is 4.31 Å². The molecule has 2 aromatic carbocycles. The van der Waals surface area contributed by atoms with Gasteiger partial charge in [-0.3, -0.25) is 9.59 Å². The van der Waals surface area contributed by atoms with Crippen molar-refractivity contribution in [3.8, 4) is 0 Å². The number of benzene rings is 2. The van der Waals surface area contributed by atoms with Crippen molar-refractivity contribution in [3.05, 3.63) is 58.9 Å². The number of anilines is 1. The Morgan fingerprint density at radius 3 is 2.32 bits per heavy atom. The first-order valence-electron chi connectivity index (χ1n) is 8.88. The Morgan fingerprint density at radius 1 is 1.06 bits per heavy atom. The van der Waals surface area contributed by atoms with Crippen molar-refractivity contribution in [2.24, 2.45) is 0 Å². The molecule has 1 heterocycles. The van der Waals surface area contributed by atoms with Crippen LogP contribution >= 0.6 is 0 Å². The minimum absolute atomic E-state index is 0.0449. The number of fused-ring (bicyclic) bond motifs is 1. The largest absolute Gasteiger partial charge is 0.480 e. The predicted molar refractivity (Wildman–Crippen MR) is 103 cm³/mol. The van der Waals surface area contributed by atoms with E-state index in [1.807, 2.05) is 0 Å². The van der Waals surface area contributed by atoms with E-state index in [1.54, 1.807) is 0 Å². The Balaban J connectivity index is 2.10. The molecular weight excluding hydrogens is 439 g/mol. The van der Waals surface area contributed by atoms with Crippen LogP contribution in [0, 0.1) is 17.5 Å². The summed E-state index contributed by atoms with van der Waals surface area (Å²) in [5.74, 6) is -5.66. The summed E-state index contributed by atoms with van der Waals surface area (Å²) in [5.41, 5.74) is -0.329. The fourth-order valence-corrected chi connectivity index (χ4v) is 4.78. The van der Waals surface area contributed by atoms with E-state index in [0.717, 1.165) is 10.4 Å². The van der Waals surface area contributed by atoms with Crippen LogP contribution in [0.4, 0.5) is 18.9 Å². The first-order chi connectivity index (χ1) is 14.4. The van der Waals surface area contributed by atoms with Gasteiger partial charge in [0.2, 0.25) is 10.0 Å². The minimum atomic E-state index is -4.33. The number of amides is 1. The van der Waals surface area contributed by atoms with Crippen LogP contribution in [0.25, 0.3) is 0 Å². The Morgan fingerprint density at radius 2 is 1.71 bits per heavy atom. The number of halogens is 3. The normalized spacial score (nSPS) is 15.5. The molecule has 0 unspecified atom stereocenters. The molecule has 0 atom stereocenters. The maximum Gasteiger partial charge on any atom is 0.323 e. The third-order valence-electron chi connectivity index (χ3n) is 4.66. The third kappa shape index (κ3) is 4.35. The monoisotopic (exact) mass is 457 g/mol. The number of hydrogen-bond acceptors (Lipinski definition) is 5. The first-order valence-corrected chi connectivity index (χ1v) is 10.3. The topological polar surface area (TPSA) is 98.2 Å². The van der Waals surface area contributed by atoms with Crippen LogP contribution in [-0.2, 0) is 21.4 Å². The lowest BCUT2D eigenvalue weighted by atomic mass is 10.1. The lowest BCUT2D eigenvalue weighted by molar-refractivity contribution is -0.135. The molecule has 0 saturated carbocycles. The van der Waals surface area contributed by atoms with E-state index < -0.39 is 64.7 Å². The van der Waals surface area contributed by atoms with E-state index in [0.29, 0.717) is 12.1 Å².